The van der Waals surface area contributed by atoms with Crippen molar-refractivity contribution in [3.05, 3.63) is 53.3 Å². The van der Waals surface area contributed by atoms with Gasteiger partial charge in [-0.1, -0.05) is 43.2 Å². The molecule has 2 aliphatic rings. The number of ether oxygens (including phenoxy) is 1. The van der Waals surface area contributed by atoms with E-state index in [4.69, 9.17) is 4.74 Å². The highest BCUT2D eigenvalue weighted by Crippen LogP contribution is 2.36. The molecule has 0 unspecified atom stereocenters. The molecule has 0 bridgehead atoms. The lowest BCUT2D eigenvalue weighted by Crippen LogP contribution is -2.54. The molecule has 28 heavy (non-hydrogen) atoms. The number of carbonyl (C=O) groups excluding carboxylic acids is 1. The Morgan fingerprint density at radius 3 is 2.68 bits per heavy atom. The second kappa shape index (κ2) is 8.45. The first kappa shape index (κ1) is 19.2. The van der Waals surface area contributed by atoms with E-state index in [-0.39, 0.29) is 11.9 Å². The van der Waals surface area contributed by atoms with Crippen LogP contribution in [0.1, 0.15) is 48.7 Å². The zero-order chi connectivity index (χ0) is 19.5. The molecule has 1 saturated heterocycles. The van der Waals surface area contributed by atoms with Gasteiger partial charge >= 0.3 is 0 Å². The molecule has 1 aromatic heterocycles. The Hall–Kier alpha value is -2.18. The maximum atomic E-state index is 13.1. The van der Waals surface area contributed by atoms with Crippen molar-refractivity contribution in [3.8, 4) is 0 Å². The van der Waals surface area contributed by atoms with Crippen molar-refractivity contribution < 1.29 is 9.53 Å². The number of hydrogen-bond donors (Lipinski definition) is 1. The lowest BCUT2D eigenvalue weighted by atomic mass is 9.95. The summed E-state index contributed by atoms with van der Waals surface area (Å²) in [6.07, 6.45) is 4.49. The topological polar surface area (TPSA) is 59.4 Å². The fourth-order valence-corrected chi connectivity index (χ4v) is 4.68. The Morgan fingerprint density at radius 2 is 2.00 bits per heavy atom. The van der Waals surface area contributed by atoms with Gasteiger partial charge in [-0.05, 0) is 31.4 Å². The highest BCUT2D eigenvalue weighted by molar-refractivity contribution is 5.82. The summed E-state index contributed by atoms with van der Waals surface area (Å²) in [5, 5.41) is 7.44. The molecule has 0 spiro atoms. The van der Waals surface area contributed by atoms with Crippen LogP contribution in [-0.2, 0) is 23.1 Å². The van der Waals surface area contributed by atoms with Crippen LogP contribution in [0.4, 0.5) is 0 Å². The fraction of sp³-hybridized carbons (Fsp3) is 0.545. The van der Waals surface area contributed by atoms with Crippen molar-refractivity contribution in [2.24, 2.45) is 7.05 Å². The molecule has 1 aliphatic carbocycles. The van der Waals surface area contributed by atoms with Gasteiger partial charge in [0, 0.05) is 19.6 Å². The third-order valence-electron chi connectivity index (χ3n) is 6.03. The molecule has 2 aromatic rings. The summed E-state index contributed by atoms with van der Waals surface area (Å²) < 4.78 is 7.86. The van der Waals surface area contributed by atoms with Gasteiger partial charge in [0.05, 0.1) is 30.6 Å². The van der Waals surface area contributed by atoms with Crippen LogP contribution in [-0.4, -0.2) is 45.9 Å². The summed E-state index contributed by atoms with van der Waals surface area (Å²) in [5.41, 5.74) is 3.10. The Morgan fingerprint density at radius 1 is 1.25 bits per heavy atom. The number of carbonyl (C=O) groups is 1. The van der Waals surface area contributed by atoms with E-state index in [1.54, 1.807) is 0 Å². The third-order valence-corrected chi connectivity index (χ3v) is 6.03. The standard InChI is InChI=1S/C22H30N4O2/c1-16-14-19(25(2)24-16)15-23-22(27)21-20(17-8-4-3-5-9-17)26(12-13-28-21)18-10-6-7-11-18/h3-5,8-9,14,18,20-21H,6-7,10-13,15H2,1-2H3,(H,23,27)/t20-,21+/m0/s1. The first-order valence-corrected chi connectivity index (χ1v) is 10.3. The van der Waals surface area contributed by atoms with Crippen molar-refractivity contribution in [2.75, 3.05) is 13.2 Å². The highest BCUT2D eigenvalue weighted by Gasteiger charge is 2.41. The van der Waals surface area contributed by atoms with Crippen molar-refractivity contribution in [2.45, 2.75) is 57.3 Å². The van der Waals surface area contributed by atoms with Gasteiger partial charge in [0.25, 0.3) is 5.91 Å². The van der Waals surface area contributed by atoms with Crippen LogP contribution in [0.3, 0.4) is 0 Å². The molecule has 2 heterocycles. The van der Waals surface area contributed by atoms with Crippen LogP contribution < -0.4 is 5.32 Å². The number of aryl methyl sites for hydroxylation is 2. The minimum atomic E-state index is -0.494. The Balaban J connectivity index is 1.54. The smallest absolute Gasteiger partial charge is 0.251 e. The molecule has 1 N–H and O–H groups in total. The summed E-state index contributed by atoms with van der Waals surface area (Å²) in [4.78, 5) is 15.7. The number of morpholine rings is 1. The van der Waals surface area contributed by atoms with Crippen LogP contribution in [0, 0.1) is 6.92 Å². The van der Waals surface area contributed by atoms with Gasteiger partial charge in [-0.2, -0.15) is 5.10 Å². The highest BCUT2D eigenvalue weighted by atomic mass is 16.5. The van der Waals surface area contributed by atoms with Crippen molar-refractivity contribution in [1.82, 2.24) is 20.0 Å². The predicted octanol–water partition coefficient (Wildman–Crippen LogP) is 2.73. The monoisotopic (exact) mass is 382 g/mol. The molecule has 2 atom stereocenters. The van der Waals surface area contributed by atoms with Gasteiger partial charge in [-0.15, -0.1) is 0 Å². The molecular formula is C22H30N4O2. The summed E-state index contributed by atoms with van der Waals surface area (Å²) >= 11 is 0. The van der Waals surface area contributed by atoms with E-state index in [9.17, 15) is 4.79 Å². The lowest BCUT2D eigenvalue weighted by Gasteiger charge is -2.44. The maximum absolute atomic E-state index is 13.1. The molecule has 1 aliphatic heterocycles. The number of nitrogens with one attached hydrogen (secondary N) is 1. The zero-order valence-electron chi connectivity index (χ0n) is 16.8. The van der Waals surface area contributed by atoms with E-state index in [1.165, 1.54) is 25.7 Å². The van der Waals surface area contributed by atoms with Gasteiger partial charge in [0.15, 0.2) is 6.10 Å². The minimum absolute atomic E-state index is 0.0358. The van der Waals surface area contributed by atoms with Gasteiger partial charge < -0.3 is 10.1 Å². The number of nitrogens with zero attached hydrogens (tertiary/aromatic N) is 3. The van der Waals surface area contributed by atoms with Crippen molar-refractivity contribution in [3.63, 3.8) is 0 Å². The van der Waals surface area contributed by atoms with E-state index >= 15 is 0 Å². The van der Waals surface area contributed by atoms with E-state index in [0.717, 1.165) is 23.5 Å². The second-order valence-corrected chi connectivity index (χ2v) is 7.94. The average molecular weight is 383 g/mol. The van der Waals surface area contributed by atoms with E-state index in [1.807, 2.05) is 42.9 Å². The summed E-state index contributed by atoms with van der Waals surface area (Å²) in [6, 6.07) is 12.9. The van der Waals surface area contributed by atoms with Crippen LogP contribution >= 0.6 is 0 Å². The summed E-state index contributed by atoms with van der Waals surface area (Å²) in [7, 11) is 1.90. The maximum Gasteiger partial charge on any atom is 0.251 e. The normalized spacial score (nSPS) is 23.8. The van der Waals surface area contributed by atoms with E-state index < -0.39 is 6.10 Å². The third kappa shape index (κ3) is 3.98. The Labute approximate surface area is 166 Å². The number of aromatic nitrogens is 2. The van der Waals surface area contributed by atoms with Gasteiger partial charge in [0.2, 0.25) is 0 Å². The molecular weight excluding hydrogens is 352 g/mol. The molecule has 4 rings (SSSR count). The fourth-order valence-electron chi connectivity index (χ4n) is 4.68. The number of rotatable bonds is 5. The minimum Gasteiger partial charge on any atom is -0.365 e. The lowest BCUT2D eigenvalue weighted by molar-refractivity contribution is -0.148. The molecule has 6 nitrogen and oxygen atoms in total. The van der Waals surface area contributed by atoms with Crippen molar-refractivity contribution >= 4 is 5.91 Å². The zero-order valence-corrected chi connectivity index (χ0v) is 16.8. The molecule has 2 fully saturated rings. The molecule has 1 aromatic carbocycles. The number of benzene rings is 1. The van der Waals surface area contributed by atoms with Crippen molar-refractivity contribution in [1.29, 1.82) is 0 Å². The largest absolute Gasteiger partial charge is 0.365 e. The number of amides is 1. The van der Waals surface area contributed by atoms with Crippen LogP contribution in [0.5, 0.6) is 0 Å². The van der Waals surface area contributed by atoms with E-state index in [2.05, 4.69) is 27.4 Å². The van der Waals surface area contributed by atoms with Crippen LogP contribution in [0.25, 0.3) is 0 Å². The first-order valence-electron chi connectivity index (χ1n) is 10.3. The molecule has 1 saturated carbocycles. The molecule has 0 radical (unpaired) electrons. The average Bonchev–Trinajstić information content (AvgIpc) is 3.35. The quantitative estimate of drug-likeness (QED) is 0.864. The van der Waals surface area contributed by atoms with Gasteiger partial charge in [0.1, 0.15) is 0 Å². The first-order chi connectivity index (χ1) is 13.6. The number of hydrogen-bond acceptors (Lipinski definition) is 4. The Bertz CT molecular complexity index is 798. The van der Waals surface area contributed by atoms with Gasteiger partial charge in [-0.3, -0.25) is 14.4 Å². The van der Waals surface area contributed by atoms with Crippen LogP contribution in [0.15, 0.2) is 36.4 Å². The van der Waals surface area contributed by atoms with Crippen LogP contribution in [0.2, 0.25) is 0 Å². The molecule has 150 valence electrons. The van der Waals surface area contributed by atoms with E-state index in [0.29, 0.717) is 19.2 Å². The molecule has 1 amide bonds. The second-order valence-electron chi connectivity index (χ2n) is 7.94. The summed E-state index contributed by atoms with van der Waals surface area (Å²) in [6.45, 7) is 3.90. The van der Waals surface area contributed by atoms with Gasteiger partial charge in [-0.25, -0.2) is 0 Å². The SMILES string of the molecule is Cc1cc(CNC(=O)[C@@H]2OCCN(C3CCCC3)[C@H]2c2ccccc2)n(C)n1. The predicted molar refractivity (Wildman–Crippen MR) is 108 cm³/mol. The summed E-state index contributed by atoms with van der Waals surface area (Å²) in [5.74, 6) is -0.0459. The Kier molecular flexibility index (Phi) is 5.78. The molecule has 6 heteroatoms.